The van der Waals surface area contributed by atoms with Crippen molar-refractivity contribution in [2.75, 3.05) is 33.0 Å². The highest BCUT2D eigenvalue weighted by Gasteiger charge is 2.61. The predicted molar refractivity (Wildman–Crippen MR) is 319 cm³/mol. The molecule has 0 radical (unpaired) electrons. The number of hydrogen-bond acceptors (Lipinski definition) is 25. The largest absolute Gasteiger partial charge is 0.477 e. The molecule has 4 heterocycles. The zero-order valence-electron chi connectivity index (χ0n) is 53.3. The molecule has 4 saturated heterocycles. The first-order chi connectivity index (χ1) is 43.0. The quantitative estimate of drug-likeness (QED) is 0.0360. The number of unbranched alkanes of at least 4 members (excludes halogenated alkanes) is 20. The maximum atomic E-state index is 13.6. The van der Waals surface area contributed by atoms with Gasteiger partial charge in [0.1, 0.15) is 85.1 Å². The van der Waals surface area contributed by atoms with Crippen molar-refractivity contribution in [2.45, 2.75) is 329 Å². The zero-order valence-corrected chi connectivity index (χ0v) is 53.3. The third-order valence-electron chi connectivity index (χ3n) is 17.6. The van der Waals surface area contributed by atoms with Gasteiger partial charge in [0.25, 0.3) is 5.79 Å². The maximum absolute atomic E-state index is 13.6. The Balaban J connectivity index is 1.58. The SMILES string of the molecule is CCCCCCCCCCCCCCCC(O)C(COC1OC(CO)C(OC2OC(CO)C(OC3OC(CO)C(O)C(O)C3CC(C)=O)C(OC3(C(=O)O)CC(O)C(NC(C)=O)C(C(O)C(O)CO)O3)C2O)C(O)C1O)NC(=O)CCCCCCCCCCC. The highest BCUT2D eigenvalue weighted by Crippen LogP contribution is 2.41. The Kier molecular flexibility index (Phi) is 37.1. The lowest BCUT2D eigenvalue weighted by Gasteiger charge is -2.52. The number of aliphatic hydroxyl groups is 13. The van der Waals surface area contributed by atoms with Gasteiger partial charge in [-0.15, -0.1) is 0 Å². The molecular formula is C62H112N2O26. The number of Topliss-reactive ketones (excluding diaryl/α,β-unsaturated/α-hetero) is 1. The molecule has 2 amide bonds. The van der Waals surface area contributed by atoms with E-state index in [0.29, 0.717) is 19.3 Å². The normalized spacial score (nSPS) is 33.7. The van der Waals surface area contributed by atoms with Gasteiger partial charge < -0.3 is 125 Å². The fraction of sp³-hybridized carbons (Fsp3) is 0.935. The number of ketones is 1. The Morgan fingerprint density at radius 3 is 1.58 bits per heavy atom. The summed E-state index contributed by atoms with van der Waals surface area (Å²) in [5.74, 6) is -8.51. The summed E-state index contributed by atoms with van der Waals surface area (Å²) in [5, 5.41) is 160. The molecule has 0 saturated carbocycles. The number of amides is 2. The second kappa shape index (κ2) is 41.9. The molecule has 4 aliphatic heterocycles. The van der Waals surface area contributed by atoms with Crippen LogP contribution in [0.1, 0.15) is 195 Å². The number of carboxylic acid groups (broad SMARTS) is 1. The van der Waals surface area contributed by atoms with Crippen LogP contribution in [0.5, 0.6) is 0 Å². The van der Waals surface area contributed by atoms with E-state index in [2.05, 4.69) is 24.5 Å². The average molecular weight is 1300 g/mol. The molecule has 0 aromatic heterocycles. The lowest BCUT2D eigenvalue weighted by atomic mass is 9.87. The van der Waals surface area contributed by atoms with Crippen LogP contribution in [0.2, 0.25) is 0 Å². The number of nitrogens with one attached hydrogen (secondary N) is 2. The van der Waals surface area contributed by atoms with E-state index in [9.17, 15) is 90.7 Å². The first-order valence-electron chi connectivity index (χ1n) is 33.1. The van der Waals surface area contributed by atoms with Crippen molar-refractivity contribution in [3.63, 3.8) is 0 Å². The van der Waals surface area contributed by atoms with Gasteiger partial charge in [-0.05, 0) is 19.8 Å². The van der Waals surface area contributed by atoms with Gasteiger partial charge in [-0.3, -0.25) is 9.59 Å². The van der Waals surface area contributed by atoms with E-state index in [0.717, 1.165) is 71.6 Å². The van der Waals surface area contributed by atoms with Gasteiger partial charge in [-0.25, -0.2) is 4.79 Å². The minimum absolute atomic E-state index is 0.186. The monoisotopic (exact) mass is 1300 g/mol. The molecule has 526 valence electrons. The molecule has 0 aliphatic carbocycles. The second-order valence-corrected chi connectivity index (χ2v) is 25.0. The summed E-state index contributed by atoms with van der Waals surface area (Å²) in [4.78, 5) is 51.8. The smallest absolute Gasteiger partial charge is 0.364 e. The molecule has 16 N–H and O–H groups in total. The van der Waals surface area contributed by atoms with Crippen molar-refractivity contribution in [2.24, 2.45) is 5.92 Å². The van der Waals surface area contributed by atoms with Crippen LogP contribution in [0.25, 0.3) is 0 Å². The van der Waals surface area contributed by atoms with E-state index in [4.69, 9.17) is 37.9 Å². The van der Waals surface area contributed by atoms with E-state index < -0.39 is 204 Å². The van der Waals surface area contributed by atoms with Crippen LogP contribution in [-0.4, -0.2) is 262 Å². The molecule has 0 spiro atoms. The van der Waals surface area contributed by atoms with Crippen molar-refractivity contribution in [1.29, 1.82) is 0 Å². The molecule has 0 aromatic rings. The average Bonchev–Trinajstić information content (AvgIpc) is 0.807. The number of aliphatic hydroxyl groups excluding tert-OH is 13. The van der Waals surface area contributed by atoms with E-state index in [1.54, 1.807) is 0 Å². The lowest BCUT2D eigenvalue weighted by Crippen LogP contribution is -2.71. The molecule has 4 fully saturated rings. The van der Waals surface area contributed by atoms with Gasteiger partial charge in [0.05, 0.1) is 63.4 Å². The molecule has 23 unspecified atom stereocenters. The van der Waals surface area contributed by atoms with Gasteiger partial charge in [0.2, 0.25) is 11.8 Å². The Bertz CT molecular complexity index is 2020. The predicted octanol–water partition coefficient (Wildman–Crippen LogP) is 0.107. The van der Waals surface area contributed by atoms with Gasteiger partial charge in [-0.1, -0.05) is 149 Å². The Hall–Kier alpha value is -2.76. The number of carbonyl (C=O) groups excluding carboxylic acids is 3. The van der Waals surface area contributed by atoms with Crippen LogP contribution < -0.4 is 10.6 Å². The molecule has 28 heteroatoms. The van der Waals surface area contributed by atoms with Crippen molar-refractivity contribution in [1.82, 2.24) is 10.6 Å². The Morgan fingerprint density at radius 2 is 1.07 bits per heavy atom. The summed E-state index contributed by atoms with van der Waals surface area (Å²) >= 11 is 0. The van der Waals surface area contributed by atoms with E-state index in [1.165, 1.54) is 70.6 Å². The number of rotatable bonds is 45. The summed E-state index contributed by atoms with van der Waals surface area (Å²) in [6.45, 7) is 1.93. The molecule has 23 atom stereocenters. The van der Waals surface area contributed by atoms with Crippen LogP contribution in [-0.2, 0) is 57.1 Å². The molecule has 0 aromatic carbocycles. The summed E-state index contributed by atoms with van der Waals surface area (Å²) in [5.41, 5.74) is 0. The molecule has 90 heavy (non-hydrogen) atoms. The van der Waals surface area contributed by atoms with Crippen LogP contribution in [0.15, 0.2) is 0 Å². The molecular weight excluding hydrogens is 1190 g/mol. The van der Waals surface area contributed by atoms with Crippen molar-refractivity contribution >= 4 is 23.6 Å². The fourth-order valence-corrected chi connectivity index (χ4v) is 12.3. The van der Waals surface area contributed by atoms with Gasteiger partial charge in [0.15, 0.2) is 18.9 Å². The van der Waals surface area contributed by atoms with Crippen LogP contribution >= 0.6 is 0 Å². The third-order valence-corrected chi connectivity index (χ3v) is 17.6. The number of hydrogen-bond donors (Lipinski definition) is 16. The zero-order chi connectivity index (χ0) is 66.5. The number of aliphatic carboxylic acids is 1. The van der Waals surface area contributed by atoms with E-state index in [1.807, 2.05) is 0 Å². The summed E-state index contributed by atoms with van der Waals surface area (Å²) < 4.78 is 48.0. The highest BCUT2D eigenvalue weighted by atomic mass is 16.8. The van der Waals surface area contributed by atoms with Crippen LogP contribution in [0.4, 0.5) is 0 Å². The van der Waals surface area contributed by atoms with Gasteiger partial charge in [-0.2, -0.15) is 0 Å². The van der Waals surface area contributed by atoms with Crippen molar-refractivity contribution in [3.8, 4) is 0 Å². The number of carboxylic acids is 1. The number of ether oxygens (including phenoxy) is 8. The minimum Gasteiger partial charge on any atom is -0.477 e. The van der Waals surface area contributed by atoms with Gasteiger partial charge >= 0.3 is 5.97 Å². The fourth-order valence-electron chi connectivity index (χ4n) is 12.3. The van der Waals surface area contributed by atoms with Crippen LogP contribution in [0.3, 0.4) is 0 Å². The van der Waals surface area contributed by atoms with Crippen molar-refractivity contribution < 1.29 is 129 Å². The summed E-state index contributed by atoms with van der Waals surface area (Å²) in [7, 11) is 0. The Morgan fingerprint density at radius 1 is 0.567 bits per heavy atom. The first kappa shape index (κ1) is 79.7. The first-order valence-corrected chi connectivity index (χ1v) is 33.1. The van der Waals surface area contributed by atoms with E-state index >= 15 is 0 Å². The summed E-state index contributed by atoms with van der Waals surface area (Å²) in [6.07, 6.45) is -14.2. The third kappa shape index (κ3) is 24.5. The minimum atomic E-state index is -3.26. The van der Waals surface area contributed by atoms with Gasteiger partial charge in [0, 0.05) is 32.1 Å². The second-order valence-electron chi connectivity index (χ2n) is 25.0. The lowest BCUT2D eigenvalue weighted by molar-refractivity contribution is -0.403. The maximum Gasteiger partial charge on any atom is 0.364 e. The van der Waals surface area contributed by atoms with Crippen LogP contribution in [0, 0.1) is 5.92 Å². The Labute approximate surface area is 529 Å². The molecule has 4 aliphatic rings. The standard InChI is InChI=1S/C62H112N2O26/c1-5-7-9-11-13-15-16-17-18-20-21-23-25-27-40(71)39(64-46(74)28-26-24-22-19-14-12-10-8-6-2)35-83-59-52(79)51(78)54(44(33-67)85-59)87-60-53(80)57(55(45(34-68)86-60)88-58-38(29-36(3)69)48(75)50(77)43(32-66)84-58)90-62(61(81)82)30-41(72)47(63-37(4)70)56(89-62)49(76)42(73)31-65/h38-45,47-60,65-68,71-73,75-80H,5-35H2,1-4H3,(H,63,70)(H,64,74)(H,81,82). The highest BCUT2D eigenvalue weighted by molar-refractivity contribution is 5.77. The molecule has 0 bridgehead atoms. The topological polar surface area (TPSA) is 449 Å². The van der Waals surface area contributed by atoms with Crippen molar-refractivity contribution in [3.05, 3.63) is 0 Å². The summed E-state index contributed by atoms with van der Waals surface area (Å²) in [6, 6.07) is -2.69. The molecule has 28 nitrogen and oxygen atoms in total. The number of carbonyl (C=O) groups is 4. The molecule has 4 rings (SSSR count). The van der Waals surface area contributed by atoms with E-state index in [-0.39, 0.29) is 12.3 Å².